The van der Waals surface area contributed by atoms with Crippen molar-refractivity contribution < 1.29 is 26.4 Å². The number of hydrogen-bond donors (Lipinski definition) is 0. The Bertz CT molecular complexity index is 1470. The Labute approximate surface area is 231 Å². The van der Waals surface area contributed by atoms with Gasteiger partial charge in [0.1, 0.15) is 6.54 Å². The van der Waals surface area contributed by atoms with Crippen molar-refractivity contribution in [2.45, 2.75) is 31.8 Å². The molecule has 1 heterocycles. The molecule has 1 amide bonds. The smallest absolute Gasteiger partial charge is 0.368 e. The van der Waals surface area contributed by atoms with Gasteiger partial charge in [-0.15, -0.1) is 0 Å². The van der Waals surface area contributed by atoms with E-state index in [2.05, 4.69) is 4.90 Å². The van der Waals surface area contributed by atoms with E-state index in [1.54, 1.807) is 24.0 Å². The van der Waals surface area contributed by atoms with E-state index in [0.29, 0.717) is 32.2 Å². The second-order valence-electron chi connectivity index (χ2n) is 9.57. The highest BCUT2D eigenvalue weighted by Gasteiger charge is 2.36. The number of piperazine rings is 1. The van der Waals surface area contributed by atoms with Crippen LogP contribution in [0.2, 0.25) is 5.02 Å². The third-order valence-electron chi connectivity index (χ3n) is 6.98. The van der Waals surface area contributed by atoms with Gasteiger partial charge in [-0.2, -0.15) is 13.2 Å². The normalized spacial score (nSPS) is 14.4. The first-order valence-electron chi connectivity index (χ1n) is 12.3. The summed E-state index contributed by atoms with van der Waals surface area (Å²) in [5.41, 5.74) is 2.71. The van der Waals surface area contributed by atoms with Gasteiger partial charge in [0.05, 0.1) is 21.2 Å². The highest BCUT2D eigenvalue weighted by Crippen LogP contribution is 2.38. The Morgan fingerprint density at radius 3 is 2.21 bits per heavy atom. The van der Waals surface area contributed by atoms with Gasteiger partial charge in [-0.3, -0.25) is 9.10 Å². The van der Waals surface area contributed by atoms with Crippen LogP contribution in [0.4, 0.5) is 24.5 Å². The molecule has 6 nitrogen and oxygen atoms in total. The van der Waals surface area contributed by atoms with E-state index < -0.39 is 39.2 Å². The molecule has 0 unspecified atom stereocenters. The lowest BCUT2D eigenvalue weighted by Gasteiger charge is -2.38. The van der Waals surface area contributed by atoms with E-state index in [0.717, 1.165) is 32.7 Å². The van der Waals surface area contributed by atoms with Gasteiger partial charge in [0.2, 0.25) is 5.91 Å². The third-order valence-corrected chi connectivity index (χ3v) is 9.10. The molecule has 0 spiro atoms. The van der Waals surface area contributed by atoms with Crippen molar-refractivity contribution in [1.29, 1.82) is 0 Å². The third kappa shape index (κ3) is 6.17. The molecule has 0 N–H and O–H groups in total. The molecule has 3 aromatic carbocycles. The summed E-state index contributed by atoms with van der Waals surface area (Å²) in [4.78, 5) is 17.0. The summed E-state index contributed by atoms with van der Waals surface area (Å²) < 4.78 is 68.8. The fourth-order valence-electron chi connectivity index (χ4n) is 4.54. The van der Waals surface area contributed by atoms with E-state index >= 15 is 0 Å². The Kier molecular flexibility index (Phi) is 8.18. The Morgan fingerprint density at radius 2 is 1.59 bits per heavy atom. The van der Waals surface area contributed by atoms with Crippen LogP contribution in [-0.4, -0.2) is 51.9 Å². The number of carbonyl (C=O) groups excluding carboxylic acids is 1. The fourth-order valence-corrected chi connectivity index (χ4v) is 6.17. The molecule has 0 aromatic heterocycles. The number of hydrogen-bond acceptors (Lipinski definition) is 4. The molecule has 0 bridgehead atoms. The number of benzene rings is 3. The summed E-state index contributed by atoms with van der Waals surface area (Å²) >= 11 is 5.78. The maximum absolute atomic E-state index is 13.6. The first-order chi connectivity index (χ1) is 18.3. The SMILES string of the molecule is Cc1ccc(S(=O)(=O)N(CC(=O)N2CCN(c3cccc(C)c3C)CC2)c2ccc(Cl)c(C(F)(F)F)c2)cc1. The van der Waals surface area contributed by atoms with Crippen molar-refractivity contribution in [3.8, 4) is 0 Å². The second-order valence-corrected chi connectivity index (χ2v) is 11.8. The molecule has 4 rings (SSSR count). The van der Waals surface area contributed by atoms with Gasteiger partial charge < -0.3 is 9.80 Å². The zero-order valence-corrected chi connectivity index (χ0v) is 23.4. The van der Waals surface area contributed by atoms with Crippen molar-refractivity contribution in [3.05, 3.63) is 87.9 Å². The minimum absolute atomic E-state index is 0.135. The molecule has 0 radical (unpaired) electrons. The topological polar surface area (TPSA) is 60.9 Å². The molecule has 1 fully saturated rings. The minimum Gasteiger partial charge on any atom is -0.368 e. The summed E-state index contributed by atoms with van der Waals surface area (Å²) in [5.74, 6) is -0.505. The number of nitrogens with zero attached hydrogens (tertiary/aromatic N) is 3. The van der Waals surface area contributed by atoms with Crippen LogP contribution in [-0.2, 0) is 21.0 Å². The molecule has 0 aliphatic carbocycles. The average Bonchev–Trinajstić information content (AvgIpc) is 2.89. The lowest BCUT2D eigenvalue weighted by atomic mass is 10.1. The predicted octanol–water partition coefficient (Wildman–Crippen LogP) is 5.83. The van der Waals surface area contributed by atoms with Gasteiger partial charge in [-0.05, 0) is 68.3 Å². The summed E-state index contributed by atoms with van der Waals surface area (Å²) in [7, 11) is -4.38. The maximum atomic E-state index is 13.6. The summed E-state index contributed by atoms with van der Waals surface area (Å²) in [5, 5.41) is -0.562. The Hall–Kier alpha value is -3.24. The number of anilines is 2. The van der Waals surface area contributed by atoms with Gasteiger partial charge in [-0.25, -0.2) is 8.42 Å². The van der Waals surface area contributed by atoms with Crippen LogP contribution in [0.3, 0.4) is 0 Å². The highest BCUT2D eigenvalue weighted by molar-refractivity contribution is 7.92. The van der Waals surface area contributed by atoms with Gasteiger partial charge in [0.25, 0.3) is 10.0 Å². The van der Waals surface area contributed by atoms with Crippen molar-refractivity contribution in [1.82, 2.24) is 4.90 Å². The molecule has 3 aromatic rings. The molecule has 1 aliphatic heterocycles. The number of halogens is 4. The lowest BCUT2D eigenvalue weighted by molar-refractivity contribution is -0.137. The van der Waals surface area contributed by atoms with Crippen LogP contribution < -0.4 is 9.21 Å². The van der Waals surface area contributed by atoms with Crippen LogP contribution >= 0.6 is 11.6 Å². The van der Waals surface area contributed by atoms with E-state index in [1.165, 1.54) is 18.2 Å². The fraction of sp³-hybridized carbons (Fsp3) is 0.321. The largest absolute Gasteiger partial charge is 0.417 e. The predicted molar refractivity (Wildman–Crippen MR) is 147 cm³/mol. The summed E-state index contributed by atoms with van der Waals surface area (Å²) in [6, 6.07) is 14.8. The molecular formula is C28H29ClF3N3O3S. The van der Waals surface area contributed by atoms with Crippen molar-refractivity contribution >= 4 is 38.9 Å². The number of rotatable bonds is 6. The van der Waals surface area contributed by atoms with Crippen molar-refractivity contribution in [2.75, 3.05) is 41.9 Å². The molecule has 208 valence electrons. The van der Waals surface area contributed by atoms with Gasteiger partial charge >= 0.3 is 6.18 Å². The molecule has 1 aliphatic rings. The zero-order valence-electron chi connectivity index (χ0n) is 21.8. The zero-order chi connectivity index (χ0) is 28.5. The number of aryl methyl sites for hydroxylation is 2. The number of carbonyl (C=O) groups is 1. The molecule has 0 atom stereocenters. The minimum atomic E-state index is -4.80. The summed E-state index contributed by atoms with van der Waals surface area (Å²) in [6.45, 7) is 6.97. The molecule has 0 saturated carbocycles. The van der Waals surface area contributed by atoms with Gasteiger partial charge in [0.15, 0.2) is 0 Å². The van der Waals surface area contributed by atoms with Crippen LogP contribution in [0, 0.1) is 20.8 Å². The van der Waals surface area contributed by atoms with E-state index in [4.69, 9.17) is 11.6 Å². The van der Waals surface area contributed by atoms with Gasteiger partial charge in [0, 0.05) is 31.9 Å². The number of alkyl halides is 3. The van der Waals surface area contributed by atoms with Crippen molar-refractivity contribution in [3.63, 3.8) is 0 Å². The Morgan fingerprint density at radius 1 is 0.949 bits per heavy atom. The highest BCUT2D eigenvalue weighted by atomic mass is 35.5. The van der Waals surface area contributed by atoms with E-state index in [1.807, 2.05) is 32.0 Å². The standard InChI is InChI=1S/C28H29ClF3N3O3S/c1-19-7-10-23(11-8-19)39(37,38)35(22-9-12-25(29)24(17-22)28(30,31)32)18-27(36)34-15-13-33(14-16-34)26-6-4-5-20(2)21(26)3/h4-12,17H,13-16,18H2,1-3H3. The molecular weight excluding hydrogens is 551 g/mol. The quantitative estimate of drug-likeness (QED) is 0.369. The monoisotopic (exact) mass is 579 g/mol. The Balaban J connectivity index is 1.62. The van der Waals surface area contributed by atoms with E-state index in [-0.39, 0.29) is 10.6 Å². The molecule has 39 heavy (non-hydrogen) atoms. The first kappa shape index (κ1) is 28.8. The first-order valence-corrected chi connectivity index (χ1v) is 14.2. The average molecular weight is 580 g/mol. The second kappa shape index (κ2) is 11.1. The van der Waals surface area contributed by atoms with E-state index in [9.17, 15) is 26.4 Å². The van der Waals surface area contributed by atoms with Crippen LogP contribution in [0.5, 0.6) is 0 Å². The van der Waals surface area contributed by atoms with Crippen LogP contribution in [0.1, 0.15) is 22.3 Å². The van der Waals surface area contributed by atoms with Crippen molar-refractivity contribution in [2.24, 2.45) is 0 Å². The number of sulfonamides is 1. The molecule has 11 heteroatoms. The summed E-state index contributed by atoms with van der Waals surface area (Å²) in [6.07, 6.45) is -4.80. The van der Waals surface area contributed by atoms with Gasteiger partial charge in [-0.1, -0.05) is 41.4 Å². The maximum Gasteiger partial charge on any atom is 0.417 e. The molecule has 1 saturated heterocycles. The van der Waals surface area contributed by atoms with Crippen LogP contribution in [0.25, 0.3) is 0 Å². The number of amides is 1. The lowest BCUT2D eigenvalue weighted by Crippen LogP contribution is -2.52. The van der Waals surface area contributed by atoms with Crippen LogP contribution in [0.15, 0.2) is 65.6 Å².